The highest BCUT2D eigenvalue weighted by Gasteiger charge is 2.44. The molecule has 0 bridgehead atoms. The van der Waals surface area contributed by atoms with Gasteiger partial charge in [0.05, 0.1) is 0 Å². The average Bonchev–Trinajstić information content (AvgIpc) is 2.40. The molecule has 1 saturated heterocycles. The van der Waals surface area contributed by atoms with Crippen LogP contribution in [0.2, 0.25) is 0 Å². The van der Waals surface area contributed by atoms with E-state index in [2.05, 4.69) is 26.2 Å². The minimum absolute atomic E-state index is 0.122. The van der Waals surface area contributed by atoms with E-state index in [1.54, 1.807) is 0 Å². The Bertz CT molecular complexity index is 509. The first kappa shape index (κ1) is 13.6. The first-order valence-electron chi connectivity index (χ1n) is 6.78. The number of hydrogen-bond donors (Lipinski definition) is 0. The number of carbonyl (C=O) groups is 1. The molecule has 0 spiro atoms. The smallest absolute Gasteiger partial charge is 0.306 e. The molecule has 2 heteroatoms. The molecule has 2 nitrogen and oxygen atoms in total. The van der Waals surface area contributed by atoms with Gasteiger partial charge in [-0.05, 0) is 24.3 Å². The van der Waals surface area contributed by atoms with Crippen molar-refractivity contribution in [1.82, 2.24) is 0 Å². The van der Waals surface area contributed by atoms with Crippen molar-refractivity contribution in [2.24, 2.45) is 5.92 Å². The van der Waals surface area contributed by atoms with Crippen molar-refractivity contribution >= 4 is 11.5 Å². The molecule has 1 aliphatic heterocycles. The van der Waals surface area contributed by atoms with E-state index < -0.39 is 5.60 Å². The summed E-state index contributed by atoms with van der Waals surface area (Å²) in [6.07, 6.45) is 2.20. The van der Waals surface area contributed by atoms with Gasteiger partial charge in [0.2, 0.25) is 0 Å². The highest BCUT2D eigenvalue weighted by atomic mass is 16.6. The van der Waals surface area contributed by atoms with Crippen LogP contribution in [0.3, 0.4) is 0 Å². The average molecular weight is 256 g/mol. The lowest BCUT2D eigenvalue weighted by Gasteiger charge is -2.41. The van der Waals surface area contributed by atoms with Crippen LogP contribution in [0.1, 0.15) is 38.7 Å². The predicted octanol–water partition coefficient (Wildman–Crippen LogP) is 3.98. The molecule has 2 rings (SSSR count). The van der Waals surface area contributed by atoms with Gasteiger partial charge in [0.1, 0.15) is 5.60 Å². The molecule has 100 valence electrons. The van der Waals surface area contributed by atoms with E-state index >= 15 is 0 Å². The second kappa shape index (κ2) is 5.46. The van der Waals surface area contributed by atoms with E-state index in [9.17, 15) is 4.79 Å². The van der Waals surface area contributed by atoms with Crippen molar-refractivity contribution in [3.8, 4) is 0 Å². The molecule has 1 atom stereocenters. The second-order valence-corrected chi connectivity index (χ2v) is 5.29. The van der Waals surface area contributed by atoms with Crippen LogP contribution in [-0.4, -0.2) is 11.6 Å². The molecule has 0 saturated carbocycles. The van der Waals surface area contributed by atoms with Gasteiger partial charge in [-0.25, -0.2) is 0 Å². The lowest BCUT2D eigenvalue weighted by atomic mass is 9.75. The molecule has 1 unspecified atom stereocenters. The van der Waals surface area contributed by atoms with Crippen molar-refractivity contribution in [1.29, 1.82) is 0 Å². The normalized spacial score (nSPS) is 22.8. The molecular formula is C17H20O2. The van der Waals surface area contributed by atoms with E-state index in [1.807, 2.05) is 30.3 Å². The Morgan fingerprint density at radius 3 is 2.58 bits per heavy atom. The number of esters is 1. The van der Waals surface area contributed by atoms with E-state index in [-0.39, 0.29) is 11.9 Å². The van der Waals surface area contributed by atoms with E-state index in [4.69, 9.17) is 4.74 Å². The second-order valence-electron chi connectivity index (χ2n) is 5.29. The fourth-order valence-corrected chi connectivity index (χ4v) is 2.77. The zero-order valence-corrected chi connectivity index (χ0v) is 11.6. The topological polar surface area (TPSA) is 26.3 Å². The van der Waals surface area contributed by atoms with Gasteiger partial charge < -0.3 is 4.74 Å². The minimum Gasteiger partial charge on any atom is -0.453 e. The number of hydrogen-bond acceptors (Lipinski definition) is 2. The molecule has 1 aliphatic rings. The number of ether oxygens (including phenoxy) is 1. The maximum Gasteiger partial charge on any atom is 0.306 e. The highest BCUT2D eigenvalue weighted by molar-refractivity contribution is 5.78. The van der Waals surface area contributed by atoms with Crippen LogP contribution in [0.15, 0.2) is 42.6 Å². The number of benzene rings is 1. The van der Waals surface area contributed by atoms with Gasteiger partial charge in [0.25, 0.3) is 0 Å². The van der Waals surface area contributed by atoms with Crippen molar-refractivity contribution in [2.45, 2.75) is 38.7 Å². The largest absolute Gasteiger partial charge is 0.453 e. The fourth-order valence-electron chi connectivity index (χ4n) is 2.77. The Hall–Kier alpha value is -1.79. The summed E-state index contributed by atoms with van der Waals surface area (Å²) < 4.78 is 5.76. The van der Waals surface area contributed by atoms with Crippen LogP contribution < -0.4 is 0 Å². The van der Waals surface area contributed by atoms with Gasteiger partial charge in [-0.2, -0.15) is 0 Å². The van der Waals surface area contributed by atoms with E-state index in [1.165, 1.54) is 0 Å². The molecule has 1 aromatic rings. The minimum atomic E-state index is -0.585. The monoisotopic (exact) mass is 256 g/mol. The zero-order valence-electron chi connectivity index (χ0n) is 11.6. The first-order chi connectivity index (χ1) is 9.10. The highest BCUT2D eigenvalue weighted by Crippen LogP contribution is 2.42. The summed E-state index contributed by atoms with van der Waals surface area (Å²) in [6, 6.07) is 9.95. The first-order valence-corrected chi connectivity index (χ1v) is 6.78. The van der Waals surface area contributed by atoms with Crippen molar-refractivity contribution in [2.75, 3.05) is 0 Å². The number of carbonyl (C=O) groups excluding carboxylic acids is 1. The van der Waals surface area contributed by atoms with Crippen LogP contribution in [0, 0.1) is 5.92 Å². The Morgan fingerprint density at radius 2 is 2.05 bits per heavy atom. The van der Waals surface area contributed by atoms with Gasteiger partial charge in [0.15, 0.2) is 0 Å². The van der Waals surface area contributed by atoms with Crippen molar-refractivity contribution in [3.05, 3.63) is 48.2 Å². The number of rotatable bonds is 3. The zero-order chi connectivity index (χ0) is 13.9. The molecule has 0 radical (unpaired) electrons. The van der Waals surface area contributed by atoms with Gasteiger partial charge in [-0.1, -0.05) is 50.8 Å². The fraction of sp³-hybridized carbons (Fsp3) is 0.412. The van der Waals surface area contributed by atoms with Crippen molar-refractivity contribution < 1.29 is 9.53 Å². The molecule has 0 aliphatic carbocycles. The van der Waals surface area contributed by atoms with Gasteiger partial charge in [-0.3, -0.25) is 4.79 Å². The Labute approximate surface area is 114 Å². The summed E-state index contributed by atoms with van der Waals surface area (Å²) in [5.74, 6) is 0.0739. The SMILES string of the molecule is C=C=C(c1ccccc1)C1(C(C)C)CCCC(=O)O1. The van der Waals surface area contributed by atoms with Crippen LogP contribution in [0.4, 0.5) is 0 Å². The van der Waals surface area contributed by atoms with Crippen LogP contribution in [0.5, 0.6) is 0 Å². The van der Waals surface area contributed by atoms with E-state index in [0.717, 1.165) is 24.0 Å². The molecule has 0 N–H and O–H groups in total. The van der Waals surface area contributed by atoms with Crippen molar-refractivity contribution in [3.63, 3.8) is 0 Å². The molecule has 1 fully saturated rings. The third-order valence-corrected chi connectivity index (χ3v) is 3.82. The summed E-state index contributed by atoms with van der Waals surface area (Å²) in [5.41, 5.74) is 4.36. The standard InChI is InChI=1S/C17H20O2/c1-4-15(14-9-6-5-7-10-14)17(13(2)3)12-8-11-16(18)19-17/h5-7,9-10,13H,1,8,11-12H2,2-3H3. The Kier molecular flexibility index (Phi) is 3.92. The Morgan fingerprint density at radius 1 is 1.37 bits per heavy atom. The maximum atomic E-state index is 11.8. The molecule has 1 aromatic carbocycles. The molecular weight excluding hydrogens is 236 g/mol. The summed E-state index contributed by atoms with van der Waals surface area (Å²) in [4.78, 5) is 11.8. The molecule has 1 heterocycles. The van der Waals surface area contributed by atoms with Gasteiger partial charge >= 0.3 is 5.97 Å². The van der Waals surface area contributed by atoms with Crippen LogP contribution >= 0.6 is 0 Å². The van der Waals surface area contributed by atoms with Gasteiger partial charge in [-0.15, -0.1) is 5.73 Å². The van der Waals surface area contributed by atoms with Crippen LogP contribution in [0.25, 0.3) is 5.57 Å². The third kappa shape index (κ3) is 2.50. The van der Waals surface area contributed by atoms with Crippen LogP contribution in [-0.2, 0) is 9.53 Å². The molecule has 0 amide bonds. The summed E-state index contributed by atoms with van der Waals surface area (Å²) in [5, 5.41) is 0. The Balaban J connectivity index is 2.49. The maximum absolute atomic E-state index is 11.8. The number of cyclic esters (lactones) is 1. The molecule has 0 aromatic heterocycles. The summed E-state index contributed by atoms with van der Waals surface area (Å²) in [7, 11) is 0. The third-order valence-electron chi connectivity index (χ3n) is 3.82. The predicted molar refractivity (Wildman–Crippen MR) is 76.5 cm³/mol. The molecule has 19 heavy (non-hydrogen) atoms. The lowest BCUT2D eigenvalue weighted by molar-refractivity contribution is -0.164. The summed E-state index contributed by atoms with van der Waals surface area (Å²) >= 11 is 0. The van der Waals surface area contributed by atoms with Gasteiger partial charge in [0, 0.05) is 12.0 Å². The quantitative estimate of drug-likeness (QED) is 0.604. The summed E-state index contributed by atoms with van der Waals surface area (Å²) in [6.45, 7) is 7.98. The van der Waals surface area contributed by atoms with E-state index in [0.29, 0.717) is 6.42 Å². The lowest BCUT2D eigenvalue weighted by Crippen LogP contribution is -2.44.